The summed E-state index contributed by atoms with van der Waals surface area (Å²) < 4.78 is 5.45. The molecule has 2 atom stereocenters. The zero-order chi connectivity index (χ0) is 11.3. The molecule has 15 heavy (non-hydrogen) atoms. The Hall–Kier alpha value is -0.820. The number of aliphatic imine (C=N–C) groups is 1. The average molecular weight is 233 g/mol. The fourth-order valence-corrected chi connectivity index (χ4v) is 1.89. The summed E-state index contributed by atoms with van der Waals surface area (Å²) in [5.74, 6) is 0. The van der Waals surface area contributed by atoms with E-state index in [0.717, 1.165) is 19.4 Å². The van der Waals surface area contributed by atoms with Crippen LogP contribution in [0.15, 0.2) is 4.99 Å². The lowest BCUT2D eigenvalue weighted by Gasteiger charge is -2.14. The van der Waals surface area contributed by atoms with Gasteiger partial charge in [0, 0.05) is 6.61 Å². The van der Waals surface area contributed by atoms with E-state index in [1.165, 1.54) is 11.8 Å². The van der Waals surface area contributed by atoms with Crippen molar-refractivity contribution in [3.63, 3.8) is 0 Å². The molecule has 0 amide bonds. The van der Waals surface area contributed by atoms with Crippen LogP contribution in [0.4, 0.5) is 0 Å². The van der Waals surface area contributed by atoms with E-state index in [4.69, 9.17) is 4.74 Å². The minimum absolute atomic E-state index is 0.0394. The van der Waals surface area contributed by atoms with Crippen molar-refractivity contribution in [1.29, 1.82) is 0 Å². The van der Waals surface area contributed by atoms with Gasteiger partial charge in [-0.25, -0.2) is 10.1 Å². The second-order valence-electron chi connectivity index (χ2n) is 3.30. The number of hydrogen-bond acceptors (Lipinski definition) is 5. The van der Waals surface area contributed by atoms with Crippen molar-refractivity contribution in [2.45, 2.75) is 31.9 Å². The maximum absolute atomic E-state index is 10.2. The summed E-state index contributed by atoms with van der Waals surface area (Å²) in [6.45, 7) is 2.68. The Labute approximate surface area is 92.6 Å². The zero-order valence-electron chi connectivity index (χ0n) is 8.80. The van der Waals surface area contributed by atoms with E-state index in [1.54, 1.807) is 6.26 Å². The van der Waals surface area contributed by atoms with Crippen LogP contribution in [0.2, 0.25) is 0 Å². The molecule has 0 aromatic heterocycles. The number of amidine groups is 1. The third-order valence-electron chi connectivity index (χ3n) is 2.20. The molecular weight excluding hydrogens is 218 g/mol. The monoisotopic (exact) mass is 233 g/mol. The fourth-order valence-electron chi connectivity index (χ4n) is 1.46. The van der Waals surface area contributed by atoms with E-state index in [2.05, 4.69) is 10.4 Å². The van der Waals surface area contributed by atoms with E-state index in [1.807, 2.05) is 6.92 Å². The van der Waals surface area contributed by atoms with E-state index in [9.17, 15) is 10.1 Å². The SMILES string of the molecule is CSC(=NC(C)C1CCCO1)N[N+](=O)[O-]. The molecule has 0 aromatic rings. The highest BCUT2D eigenvalue weighted by atomic mass is 32.2. The molecule has 0 radical (unpaired) electrons. The molecule has 1 heterocycles. The molecule has 1 aliphatic heterocycles. The predicted octanol–water partition coefficient (Wildman–Crippen LogP) is 1.05. The Bertz CT molecular complexity index is 254. The highest BCUT2D eigenvalue weighted by Gasteiger charge is 2.22. The molecule has 1 saturated heterocycles. The maximum atomic E-state index is 10.2. The normalized spacial score (nSPS) is 23.9. The molecule has 1 N–H and O–H groups in total. The van der Waals surface area contributed by atoms with Gasteiger partial charge in [0.2, 0.25) is 5.17 Å². The molecule has 7 heteroatoms. The summed E-state index contributed by atoms with van der Waals surface area (Å²) in [6, 6.07) is -0.0394. The van der Waals surface area contributed by atoms with Crippen LogP contribution < -0.4 is 5.43 Å². The molecular formula is C8H15N3O3S. The lowest BCUT2D eigenvalue weighted by Crippen LogP contribution is -2.30. The topological polar surface area (TPSA) is 76.8 Å². The predicted molar refractivity (Wildman–Crippen MR) is 59.5 cm³/mol. The second kappa shape index (κ2) is 5.92. The van der Waals surface area contributed by atoms with Gasteiger partial charge in [0.15, 0.2) is 5.03 Å². The highest BCUT2D eigenvalue weighted by Crippen LogP contribution is 2.18. The molecule has 1 fully saturated rings. The minimum atomic E-state index is -0.600. The van der Waals surface area contributed by atoms with Gasteiger partial charge in [-0.05, 0) is 26.0 Å². The van der Waals surface area contributed by atoms with Crippen LogP contribution in [-0.2, 0) is 4.74 Å². The number of ether oxygens (including phenoxy) is 1. The third-order valence-corrected chi connectivity index (χ3v) is 2.79. The molecule has 1 rings (SSSR count). The van der Waals surface area contributed by atoms with Gasteiger partial charge in [0.05, 0.1) is 12.1 Å². The first-order valence-electron chi connectivity index (χ1n) is 4.78. The van der Waals surface area contributed by atoms with E-state index in [0.29, 0.717) is 5.17 Å². The molecule has 2 unspecified atom stereocenters. The van der Waals surface area contributed by atoms with Gasteiger partial charge < -0.3 is 4.74 Å². The smallest absolute Gasteiger partial charge is 0.220 e. The number of hydrazine groups is 1. The molecule has 0 spiro atoms. The number of rotatable bonds is 3. The summed E-state index contributed by atoms with van der Waals surface area (Å²) in [4.78, 5) is 14.5. The summed E-state index contributed by atoms with van der Waals surface area (Å²) in [5.41, 5.74) is 2.06. The molecule has 0 aromatic carbocycles. The van der Waals surface area contributed by atoms with Crippen molar-refractivity contribution in [2.75, 3.05) is 12.9 Å². The number of thioether (sulfide) groups is 1. The summed E-state index contributed by atoms with van der Waals surface area (Å²) >= 11 is 1.23. The average Bonchev–Trinajstić information content (AvgIpc) is 2.68. The van der Waals surface area contributed by atoms with Crippen LogP contribution in [0, 0.1) is 10.1 Å². The van der Waals surface area contributed by atoms with Gasteiger partial charge >= 0.3 is 0 Å². The van der Waals surface area contributed by atoms with Crippen LogP contribution in [-0.4, -0.2) is 35.2 Å². The number of hydrogen-bond donors (Lipinski definition) is 1. The molecule has 0 bridgehead atoms. The lowest BCUT2D eigenvalue weighted by molar-refractivity contribution is -0.524. The third kappa shape index (κ3) is 4.05. The van der Waals surface area contributed by atoms with Crippen LogP contribution in [0.5, 0.6) is 0 Å². The van der Waals surface area contributed by atoms with Gasteiger partial charge in [-0.1, -0.05) is 17.2 Å². The number of nitrogens with zero attached hydrogens (tertiary/aromatic N) is 2. The van der Waals surface area contributed by atoms with Gasteiger partial charge in [-0.3, -0.25) is 4.99 Å². The largest absolute Gasteiger partial charge is 0.376 e. The van der Waals surface area contributed by atoms with Crippen molar-refractivity contribution >= 4 is 16.9 Å². The van der Waals surface area contributed by atoms with Gasteiger partial charge in [-0.15, -0.1) is 0 Å². The van der Waals surface area contributed by atoms with Crippen molar-refractivity contribution in [3.05, 3.63) is 10.1 Å². The van der Waals surface area contributed by atoms with Crippen molar-refractivity contribution < 1.29 is 9.77 Å². The Morgan fingerprint density at radius 1 is 1.80 bits per heavy atom. The van der Waals surface area contributed by atoms with Gasteiger partial charge in [0.25, 0.3) is 0 Å². The Morgan fingerprint density at radius 2 is 2.53 bits per heavy atom. The maximum Gasteiger partial charge on any atom is 0.220 e. The number of nitrogens with one attached hydrogen (secondary N) is 1. The van der Waals surface area contributed by atoms with Gasteiger partial charge in [0.1, 0.15) is 0 Å². The summed E-state index contributed by atoms with van der Waals surface area (Å²) in [6.07, 6.45) is 3.87. The molecule has 86 valence electrons. The Morgan fingerprint density at radius 3 is 3.00 bits per heavy atom. The number of nitro groups is 1. The van der Waals surface area contributed by atoms with Crippen LogP contribution in [0.25, 0.3) is 0 Å². The first kappa shape index (κ1) is 12.3. The van der Waals surface area contributed by atoms with Gasteiger partial charge in [-0.2, -0.15) is 0 Å². The summed E-state index contributed by atoms with van der Waals surface area (Å²) in [5, 5.41) is 9.96. The molecule has 0 saturated carbocycles. The fraction of sp³-hybridized carbons (Fsp3) is 0.875. The van der Waals surface area contributed by atoms with Crippen LogP contribution in [0.3, 0.4) is 0 Å². The lowest BCUT2D eigenvalue weighted by atomic mass is 10.1. The first-order chi connectivity index (χ1) is 7.13. The Balaban J connectivity index is 2.52. The summed E-state index contributed by atoms with van der Waals surface area (Å²) in [7, 11) is 0. The second-order valence-corrected chi connectivity index (χ2v) is 4.09. The van der Waals surface area contributed by atoms with Crippen LogP contribution >= 0.6 is 11.8 Å². The Kier molecular flexibility index (Phi) is 4.83. The van der Waals surface area contributed by atoms with Crippen molar-refractivity contribution in [3.8, 4) is 0 Å². The molecule has 0 aliphatic carbocycles. The van der Waals surface area contributed by atoms with Crippen LogP contribution in [0.1, 0.15) is 19.8 Å². The van der Waals surface area contributed by atoms with Crippen molar-refractivity contribution in [2.24, 2.45) is 4.99 Å². The van der Waals surface area contributed by atoms with E-state index >= 15 is 0 Å². The zero-order valence-corrected chi connectivity index (χ0v) is 9.62. The van der Waals surface area contributed by atoms with Crippen molar-refractivity contribution in [1.82, 2.24) is 5.43 Å². The molecule has 1 aliphatic rings. The van der Waals surface area contributed by atoms with E-state index < -0.39 is 5.03 Å². The quantitative estimate of drug-likeness (QED) is 0.341. The standard InChI is InChI=1S/C8H15N3O3S/c1-6(7-4-3-5-14-7)9-8(15-2)10-11(12)13/h6-7H,3-5H2,1-2H3,(H,9,10). The molecule has 6 nitrogen and oxygen atoms in total. The minimum Gasteiger partial charge on any atom is -0.376 e. The highest BCUT2D eigenvalue weighted by molar-refractivity contribution is 8.13. The van der Waals surface area contributed by atoms with E-state index in [-0.39, 0.29) is 12.1 Å². The first-order valence-corrected chi connectivity index (χ1v) is 6.00.